The Kier molecular flexibility index (Phi) is 9.78. The molecule has 0 aliphatic carbocycles. The summed E-state index contributed by atoms with van der Waals surface area (Å²) in [6, 6.07) is 6.11. The minimum Gasteiger partial charge on any atom is -0.497 e. The van der Waals surface area contributed by atoms with Gasteiger partial charge in [-0.05, 0) is 49.4 Å². The quantitative estimate of drug-likeness (QED) is 0.549. The molecule has 1 aliphatic rings. The van der Waals surface area contributed by atoms with Crippen molar-refractivity contribution in [2.24, 2.45) is 11.8 Å². The number of hydrogen-bond acceptors (Lipinski definition) is 5. The van der Waals surface area contributed by atoms with Crippen molar-refractivity contribution >= 4 is 17.7 Å². The van der Waals surface area contributed by atoms with E-state index in [1.165, 1.54) is 0 Å². The second kappa shape index (κ2) is 12.3. The summed E-state index contributed by atoms with van der Waals surface area (Å²) in [7, 11) is 3.18. The van der Waals surface area contributed by atoms with E-state index < -0.39 is 6.04 Å². The van der Waals surface area contributed by atoms with E-state index in [0.29, 0.717) is 56.8 Å². The van der Waals surface area contributed by atoms with Crippen molar-refractivity contribution in [1.29, 1.82) is 0 Å². The van der Waals surface area contributed by atoms with Crippen molar-refractivity contribution < 1.29 is 23.9 Å². The molecule has 0 spiro atoms. The van der Waals surface area contributed by atoms with Gasteiger partial charge in [0, 0.05) is 44.8 Å². The van der Waals surface area contributed by atoms with Crippen LogP contribution in [0.5, 0.6) is 5.75 Å². The normalized spacial score (nSPS) is 15.5. The Morgan fingerprint density at radius 2 is 1.74 bits per heavy atom. The smallest absolute Gasteiger partial charge is 0.251 e. The molecule has 8 heteroatoms. The second-order valence-electron chi connectivity index (χ2n) is 8.13. The van der Waals surface area contributed by atoms with Crippen molar-refractivity contribution in [3.8, 4) is 5.75 Å². The van der Waals surface area contributed by atoms with E-state index in [1.54, 1.807) is 38.5 Å². The third kappa shape index (κ3) is 7.24. The van der Waals surface area contributed by atoms with Crippen LogP contribution in [-0.4, -0.2) is 69.1 Å². The topological polar surface area (TPSA) is 97.0 Å². The predicted octanol–water partition coefficient (Wildman–Crippen LogP) is 1.84. The first-order valence-corrected chi connectivity index (χ1v) is 10.9. The summed E-state index contributed by atoms with van der Waals surface area (Å²) in [6.07, 6.45) is 2.03. The number of benzene rings is 1. The van der Waals surface area contributed by atoms with E-state index in [4.69, 9.17) is 9.47 Å². The first-order chi connectivity index (χ1) is 14.9. The zero-order valence-electron chi connectivity index (χ0n) is 19.0. The lowest BCUT2D eigenvalue weighted by Gasteiger charge is -2.36. The summed E-state index contributed by atoms with van der Waals surface area (Å²) < 4.78 is 10.2. The van der Waals surface area contributed by atoms with Gasteiger partial charge in [0.2, 0.25) is 11.8 Å². The standard InChI is InChI=1S/C23H35N3O5/c1-16(2)23(29)26-13-10-17(11-14-26)20(22(28)24-12-5-15-30-3)25-21(27)18-6-8-19(31-4)9-7-18/h6-9,16-17,20H,5,10-15H2,1-4H3,(H,24,28)(H,25,27)/t20-/m1/s1. The van der Waals surface area contributed by atoms with Gasteiger partial charge in [-0.2, -0.15) is 0 Å². The molecular formula is C23H35N3O5. The first kappa shape index (κ1) is 24.7. The minimum absolute atomic E-state index is 0.0409. The molecule has 1 heterocycles. The van der Waals surface area contributed by atoms with Crippen LogP contribution in [0.4, 0.5) is 0 Å². The predicted molar refractivity (Wildman–Crippen MR) is 118 cm³/mol. The van der Waals surface area contributed by atoms with Crippen LogP contribution in [0, 0.1) is 11.8 Å². The van der Waals surface area contributed by atoms with Gasteiger partial charge < -0.3 is 25.0 Å². The van der Waals surface area contributed by atoms with Gasteiger partial charge in [0.1, 0.15) is 11.8 Å². The molecule has 0 saturated carbocycles. The van der Waals surface area contributed by atoms with Crippen LogP contribution in [0.1, 0.15) is 43.5 Å². The Morgan fingerprint density at radius 3 is 2.29 bits per heavy atom. The lowest BCUT2D eigenvalue weighted by atomic mass is 9.88. The molecule has 2 N–H and O–H groups in total. The van der Waals surface area contributed by atoms with Gasteiger partial charge in [0.05, 0.1) is 7.11 Å². The van der Waals surface area contributed by atoms with Gasteiger partial charge in [-0.3, -0.25) is 14.4 Å². The van der Waals surface area contributed by atoms with Gasteiger partial charge in [0.25, 0.3) is 5.91 Å². The SMILES string of the molecule is COCCCNC(=O)[C@H](NC(=O)c1ccc(OC)cc1)C1CCN(C(=O)C(C)C)CC1. The number of amides is 3. The van der Waals surface area contributed by atoms with Crippen LogP contribution >= 0.6 is 0 Å². The Balaban J connectivity index is 2.06. The zero-order chi connectivity index (χ0) is 22.8. The van der Waals surface area contributed by atoms with Crippen molar-refractivity contribution in [2.45, 2.75) is 39.2 Å². The van der Waals surface area contributed by atoms with Crippen molar-refractivity contribution in [1.82, 2.24) is 15.5 Å². The first-order valence-electron chi connectivity index (χ1n) is 10.9. The lowest BCUT2D eigenvalue weighted by Crippen LogP contribution is -2.54. The van der Waals surface area contributed by atoms with Crippen LogP contribution < -0.4 is 15.4 Å². The summed E-state index contributed by atoms with van der Waals surface area (Å²) >= 11 is 0. The van der Waals surface area contributed by atoms with Crippen molar-refractivity contribution in [3.63, 3.8) is 0 Å². The highest BCUT2D eigenvalue weighted by Crippen LogP contribution is 2.23. The number of piperidine rings is 1. The molecule has 8 nitrogen and oxygen atoms in total. The molecule has 1 aliphatic heterocycles. The van der Waals surface area contributed by atoms with Crippen molar-refractivity contribution in [2.75, 3.05) is 40.5 Å². The number of rotatable bonds is 10. The molecule has 1 saturated heterocycles. The number of carbonyl (C=O) groups excluding carboxylic acids is 3. The second-order valence-corrected chi connectivity index (χ2v) is 8.13. The zero-order valence-corrected chi connectivity index (χ0v) is 19.0. The van der Waals surface area contributed by atoms with Crippen molar-refractivity contribution in [3.05, 3.63) is 29.8 Å². The Hall–Kier alpha value is -2.61. The molecule has 1 aromatic rings. The maximum atomic E-state index is 12.9. The maximum absolute atomic E-state index is 12.9. The molecule has 0 unspecified atom stereocenters. The van der Waals surface area contributed by atoms with Gasteiger partial charge in [0.15, 0.2) is 0 Å². The monoisotopic (exact) mass is 433 g/mol. The highest BCUT2D eigenvalue weighted by Gasteiger charge is 2.34. The largest absolute Gasteiger partial charge is 0.497 e. The molecule has 1 fully saturated rings. The Labute approximate surface area is 184 Å². The van der Waals surface area contributed by atoms with E-state index >= 15 is 0 Å². The van der Waals surface area contributed by atoms with Gasteiger partial charge in [-0.1, -0.05) is 13.8 Å². The fourth-order valence-corrected chi connectivity index (χ4v) is 3.72. The fourth-order valence-electron chi connectivity index (χ4n) is 3.72. The van der Waals surface area contributed by atoms with Gasteiger partial charge in [-0.15, -0.1) is 0 Å². The average molecular weight is 434 g/mol. The number of likely N-dealkylation sites (tertiary alicyclic amines) is 1. The number of ether oxygens (including phenoxy) is 2. The molecule has 0 aromatic heterocycles. The van der Waals surface area contributed by atoms with E-state index in [0.717, 1.165) is 0 Å². The number of hydrogen-bond donors (Lipinski definition) is 2. The van der Waals surface area contributed by atoms with E-state index in [9.17, 15) is 14.4 Å². The summed E-state index contributed by atoms with van der Waals surface area (Å²) in [5.41, 5.74) is 0.463. The molecule has 0 bridgehead atoms. The third-order valence-corrected chi connectivity index (χ3v) is 5.56. The number of carbonyl (C=O) groups is 3. The molecule has 0 radical (unpaired) electrons. The highest BCUT2D eigenvalue weighted by atomic mass is 16.5. The number of methoxy groups -OCH3 is 2. The molecule has 1 atom stereocenters. The summed E-state index contributed by atoms with van der Waals surface area (Å²) in [6.45, 7) is 5.99. The lowest BCUT2D eigenvalue weighted by molar-refractivity contribution is -0.136. The molecule has 1 aromatic carbocycles. The van der Waals surface area contributed by atoms with E-state index in [-0.39, 0.29) is 29.6 Å². The maximum Gasteiger partial charge on any atom is 0.251 e. The Bertz CT molecular complexity index is 727. The number of nitrogens with zero attached hydrogens (tertiary/aromatic N) is 1. The van der Waals surface area contributed by atoms with Crippen LogP contribution in [0.2, 0.25) is 0 Å². The van der Waals surface area contributed by atoms with Crippen LogP contribution in [0.15, 0.2) is 24.3 Å². The minimum atomic E-state index is -0.659. The summed E-state index contributed by atoms with van der Waals surface area (Å²) in [4.78, 5) is 39.9. The average Bonchev–Trinajstić information content (AvgIpc) is 2.79. The van der Waals surface area contributed by atoms with Crippen LogP contribution in [0.3, 0.4) is 0 Å². The molecular weight excluding hydrogens is 398 g/mol. The molecule has 3 amide bonds. The Morgan fingerprint density at radius 1 is 1.10 bits per heavy atom. The third-order valence-electron chi connectivity index (χ3n) is 5.56. The van der Waals surface area contributed by atoms with E-state index in [1.807, 2.05) is 18.7 Å². The highest BCUT2D eigenvalue weighted by molar-refractivity contribution is 5.97. The van der Waals surface area contributed by atoms with Crippen LogP contribution in [-0.2, 0) is 14.3 Å². The van der Waals surface area contributed by atoms with Gasteiger partial charge in [-0.25, -0.2) is 0 Å². The van der Waals surface area contributed by atoms with E-state index in [2.05, 4.69) is 10.6 Å². The number of nitrogens with one attached hydrogen (secondary N) is 2. The molecule has 172 valence electrons. The van der Waals surface area contributed by atoms with Crippen LogP contribution in [0.25, 0.3) is 0 Å². The summed E-state index contributed by atoms with van der Waals surface area (Å²) in [5.74, 6) is 0.187. The fraction of sp³-hybridized carbons (Fsp3) is 0.609. The molecule has 2 rings (SSSR count). The molecule has 31 heavy (non-hydrogen) atoms. The van der Waals surface area contributed by atoms with Gasteiger partial charge >= 0.3 is 0 Å². The summed E-state index contributed by atoms with van der Waals surface area (Å²) in [5, 5.41) is 5.83.